The van der Waals surface area contributed by atoms with E-state index >= 15 is 0 Å². The standard InChI is InChI=1S/C16H17NO2/c1-17(2)15-8-4-6-11-12(5-3-7-13(11)15)14-9-10-19-16(14)18/h3-8,14H,9-10H2,1-2H3/i1D3,2D3,6D. The quantitative estimate of drug-likeness (QED) is 0.779. The molecule has 1 fully saturated rings. The summed E-state index contributed by atoms with van der Waals surface area (Å²) in [6, 6.07) is 7.65. The van der Waals surface area contributed by atoms with Crippen LogP contribution >= 0.6 is 0 Å². The molecule has 0 aliphatic carbocycles. The van der Waals surface area contributed by atoms with Gasteiger partial charge in [0.05, 0.1) is 13.9 Å². The van der Waals surface area contributed by atoms with Gasteiger partial charge >= 0.3 is 5.97 Å². The highest BCUT2D eigenvalue weighted by molar-refractivity contribution is 5.98. The number of benzene rings is 2. The minimum atomic E-state index is -2.90. The molecule has 0 radical (unpaired) electrons. The Balaban J connectivity index is 2.30. The van der Waals surface area contributed by atoms with Crippen LogP contribution in [0.5, 0.6) is 0 Å². The Morgan fingerprint density at radius 2 is 2.21 bits per heavy atom. The highest BCUT2D eigenvalue weighted by Crippen LogP contribution is 2.35. The molecule has 1 saturated heterocycles. The molecule has 0 amide bonds. The summed E-state index contributed by atoms with van der Waals surface area (Å²) < 4.78 is 59.1. The number of esters is 1. The predicted octanol–water partition coefficient (Wildman–Crippen LogP) is 2.94. The molecule has 2 aromatic rings. The van der Waals surface area contributed by atoms with Crippen LogP contribution in [0, 0.1) is 0 Å². The normalized spacial score (nSPS) is 25.4. The first kappa shape index (κ1) is 6.42. The topological polar surface area (TPSA) is 29.5 Å². The molecule has 2 aromatic carbocycles. The van der Waals surface area contributed by atoms with Crippen LogP contribution in [-0.2, 0) is 9.53 Å². The van der Waals surface area contributed by atoms with Crippen LogP contribution < -0.4 is 4.90 Å². The fraction of sp³-hybridized carbons (Fsp3) is 0.312. The number of carbonyl (C=O) groups is 1. The molecule has 0 N–H and O–H groups in total. The van der Waals surface area contributed by atoms with E-state index in [1.807, 2.05) is 0 Å². The average molecular weight is 262 g/mol. The van der Waals surface area contributed by atoms with E-state index in [1.165, 1.54) is 12.1 Å². The summed E-state index contributed by atoms with van der Waals surface area (Å²) in [5, 5.41) is 0.675. The van der Waals surface area contributed by atoms with Gasteiger partial charge in [0.15, 0.2) is 0 Å². The van der Waals surface area contributed by atoms with E-state index in [0.29, 0.717) is 27.7 Å². The summed E-state index contributed by atoms with van der Waals surface area (Å²) in [5.74, 6) is -0.946. The second kappa shape index (κ2) is 4.57. The molecule has 19 heavy (non-hydrogen) atoms. The lowest BCUT2D eigenvalue weighted by Gasteiger charge is -2.17. The lowest BCUT2D eigenvalue weighted by Crippen LogP contribution is -2.10. The molecule has 3 rings (SSSR count). The van der Waals surface area contributed by atoms with Gasteiger partial charge in [-0.3, -0.25) is 4.79 Å². The molecule has 3 nitrogen and oxygen atoms in total. The third-order valence-electron chi connectivity index (χ3n) is 3.39. The highest BCUT2D eigenvalue weighted by Gasteiger charge is 2.29. The molecule has 0 bridgehead atoms. The van der Waals surface area contributed by atoms with Crippen LogP contribution in [0.15, 0.2) is 36.4 Å². The van der Waals surface area contributed by atoms with Crippen molar-refractivity contribution in [2.45, 2.75) is 12.3 Å². The molecule has 1 aliphatic heterocycles. The van der Waals surface area contributed by atoms with Crippen LogP contribution in [0.2, 0.25) is 0 Å². The maximum atomic E-state index is 12.0. The smallest absolute Gasteiger partial charge is 0.313 e. The molecule has 0 aromatic heterocycles. The third kappa shape index (κ3) is 1.95. The molecule has 1 unspecified atom stereocenters. The van der Waals surface area contributed by atoms with Gasteiger partial charge in [0.1, 0.15) is 0 Å². The minimum absolute atomic E-state index is 0.0239. The predicted molar refractivity (Wildman–Crippen MR) is 76.6 cm³/mol. The lowest BCUT2D eigenvalue weighted by molar-refractivity contribution is -0.139. The first-order chi connectivity index (χ1) is 12.0. The summed E-state index contributed by atoms with van der Waals surface area (Å²) in [7, 11) is 0. The third-order valence-corrected chi connectivity index (χ3v) is 3.39. The van der Waals surface area contributed by atoms with Crippen LogP contribution in [0.4, 0.5) is 5.69 Å². The van der Waals surface area contributed by atoms with Gasteiger partial charge in [0, 0.05) is 33.2 Å². The Labute approximate surface area is 122 Å². The first-order valence-electron chi connectivity index (χ1n) is 9.51. The van der Waals surface area contributed by atoms with Crippen molar-refractivity contribution in [3.63, 3.8) is 0 Å². The van der Waals surface area contributed by atoms with E-state index in [9.17, 15) is 4.79 Å². The Hall–Kier alpha value is -2.03. The summed E-state index contributed by atoms with van der Waals surface area (Å²) in [6.07, 6.45) is 0.462. The van der Waals surface area contributed by atoms with Crippen molar-refractivity contribution in [1.82, 2.24) is 0 Å². The first-order valence-corrected chi connectivity index (χ1v) is 6.01. The van der Waals surface area contributed by atoms with E-state index in [0.717, 1.165) is 0 Å². The molecule has 0 saturated carbocycles. The van der Waals surface area contributed by atoms with Gasteiger partial charge in [-0.15, -0.1) is 0 Å². The number of hydrogen-bond donors (Lipinski definition) is 0. The summed E-state index contributed by atoms with van der Waals surface area (Å²) >= 11 is 0. The van der Waals surface area contributed by atoms with Crippen molar-refractivity contribution in [2.75, 3.05) is 25.5 Å². The fourth-order valence-corrected chi connectivity index (χ4v) is 2.50. The zero-order valence-corrected chi connectivity index (χ0v) is 10.1. The van der Waals surface area contributed by atoms with Gasteiger partial charge in [-0.1, -0.05) is 30.3 Å². The molecule has 0 spiro atoms. The van der Waals surface area contributed by atoms with E-state index < -0.39 is 25.8 Å². The van der Waals surface area contributed by atoms with Crippen LogP contribution in [-0.4, -0.2) is 26.5 Å². The molecule has 1 atom stereocenters. The van der Waals surface area contributed by atoms with Crippen molar-refractivity contribution in [2.24, 2.45) is 0 Å². The van der Waals surface area contributed by atoms with Crippen LogP contribution in [0.25, 0.3) is 10.8 Å². The number of rotatable bonds is 2. The van der Waals surface area contributed by atoms with Crippen molar-refractivity contribution >= 4 is 22.4 Å². The highest BCUT2D eigenvalue weighted by atomic mass is 16.5. The summed E-state index contributed by atoms with van der Waals surface area (Å²) in [5.41, 5.74) is 0.525. The molecule has 1 heterocycles. The van der Waals surface area contributed by atoms with Gasteiger partial charge in [-0.2, -0.15) is 0 Å². The Morgan fingerprint density at radius 3 is 2.95 bits per heavy atom. The Kier molecular flexibility index (Phi) is 1.55. The lowest BCUT2D eigenvalue weighted by atomic mass is 9.92. The largest absolute Gasteiger partial charge is 0.465 e. The maximum Gasteiger partial charge on any atom is 0.313 e. The fourth-order valence-electron chi connectivity index (χ4n) is 2.50. The summed E-state index contributed by atoms with van der Waals surface area (Å²) in [4.78, 5) is 12.4. The second-order valence-electron chi connectivity index (χ2n) is 4.48. The monoisotopic (exact) mass is 262 g/mol. The van der Waals surface area contributed by atoms with Crippen LogP contribution in [0.3, 0.4) is 0 Å². The van der Waals surface area contributed by atoms with Gasteiger partial charge < -0.3 is 9.64 Å². The molecular weight excluding hydrogens is 238 g/mol. The number of anilines is 1. The Bertz CT molecular complexity index is 846. The van der Waals surface area contributed by atoms with E-state index in [4.69, 9.17) is 14.3 Å². The van der Waals surface area contributed by atoms with Crippen molar-refractivity contribution in [3.05, 3.63) is 41.9 Å². The van der Waals surface area contributed by atoms with E-state index in [1.54, 1.807) is 18.2 Å². The molecule has 1 aliphatic rings. The number of cyclic esters (lactones) is 1. The maximum absolute atomic E-state index is 12.0. The number of fused-ring (bicyclic) bond motifs is 1. The van der Waals surface area contributed by atoms with Gasteiger partial charge in [-0.05, 0) is 23.4 Å². The molecular formula is C16H17NO2. The van der Waals surface area contributed by atoms with Crippen LogP contribution in [0.1, 0.15) is 27.5 Å². The van der Waals surface area contributed by atoms with Crippen molar-refractivity contribution < 1.29 is 19.1 Å². The second-order valence-corrected chi connectivity index (χ2v) is 4.48. The Morgan fingerprint density at radius 1 is 1.32 bits per heavy atom. The van der Waals surface area contributed by atoms with Crippen molar-refractivity contribution in [1.29, 1.82) is 0 Å². The molecule has 3 heteroatoms. The van der Waals surface area contributed by atoms with E-state index in [-0.39, 0.29) is 18.3 Å². The van der Waals surface area contributed by atoms with Gasteiger partial charge in [0.2, 0.25) is 0 Å². The number of nitrogens with zero attached hydrogens (tertiary/aromatic N) is 1. The zero-order valence-electron chi connectivity index (χ0n) is 17.1. The van der Waals surface area contributed by atoms with E-state index in [2.05, 4.69) is 0 Å². The number of carbonyl (C=O) groups excluding carboxylic acids is 1. The van der Waals surface area contributed by atoms with Gasteiger partial charge in [-0.25, -0.2) is 0 Å². The SMILES string of the molecule is [2H]c1ccc(N(C([2H])([2H])[2H])C([2H])([2H])[2H])c2cccc(C3CCOC3=O)c12. The summed E-state index contributed by atoms with van der Waals surface area (Å²) in [6.45, 7) is -5.52. The zero-order chi connectivity index (χ0) is 19.3. The number of ether oxygens (including phenoxy) is 1. The van der Waals surface area contributed by atoms with Gasteiger partial charge in [0.25, 0.3) is 0 Å². The minimum Gasteiger partial charge on any atom is -0.465 e. The van der Waals surface area contributed by atoms with Crippen molar-refractivity contribution in [3.8, 4) is 0 Å². The molecule has 98 valence electrons. The average Bonchev–Trinajstić information content (AvgIpc) is 2.93. The number of hydrogen-bond acceptors (Lipinski definition) is 3.